The van der Waals surface area contributed by atoms with E-state index in [0.29, 0.717) is 25.9 Å². The maximum absolute atomic E-state index is 11.9. The third kappa shape index (κ3) is 3.38. The molecular weight excluding hydrogens is 248 g/mol. The Kier molecular flexibility index (Phi) is 3.77. The van der Waals surface area contributed by atoms with E-state index in [1.54, 1.807) is 4.90 Å². The maximum Gasteiger partial charge on any atom is 0.410 e. The molecule has 2 aliphatic heterocycles. The van der Waals surface area contributed by atoms with Crippen molar-refractivity contribution in [1.82, 2.24) is 4.90 Å². The summed E-state index contributed by atoms with van der Waals surface area (Å²) in [6.07, 6.45) is 0.517. The first-order chi connectivity index (χ1) is 8.70. The first kappa shape index (κ1) is 14.6. The molecule has 0 aliphatic carbocycles. The number of amides is 1. The van der Waals surface area contributed by atoms with Gasteiger partial charge in [0.05, 0.1) is 5.54 Å². The monoisotopic (exact) mass is 272 g/mol. The second kappa shape index (κ2) is 4.92. The lowest BCUT2D eigenvalue weighted by molar-refractivity contribution is -0.397. The molecule has 6 nitrogen and oxygen atoms in total. The molecule has 2 rings (SSSR count). The van der Waals surface area contributed by atoms with E-state index in [1.165, 1.54) is 0 Å². The third-order valence-electron chi connectivity index (χ3n) is 3.45. The minimum absolute atomic E-state index is 0.172. The van der Waals surface area contributed by atoms with Crippen LogP contribution in [-0.2, 0) is 14.2 Å². The molecule has 0 aromatic carbocycles. The number of carbonyl (C=O) groups excluding carboxylic acids is 1. The zero-order valence-corrected chi connectivity index (χ0v) is 12.1. The molecule has 0 atom stereocenters. The number of nitrogens with zero attached hydrogens (tertiary/aromatic N) is 1. The smallest absolute Gasteiger partial charge is 0.410 e. The lowest BCUT2D eigenvalue weighted by Gasteiger charge is -2.48. The second-order valence-corrected chi connectivity index (χ2v) is 6.37. The van der Waals surface area contributed by atoms with Gasteiger partial charge in [0.2, 0.25) is 0 Å². The van der Waals surface area contributed by atoms with Crippen LogP contribution in [0, 0.1) is 0 Å². The fourth-order valence-corrected chi connectivity index (χ4v) is 2.30. The van der Waals surface area contributed by atoms with Crippen molar-refractivity contribution in [2.24, 2.45) is 5.73 Å². The molecule has 2 fully saturated rings. The zero-order valence-electron chi connectivity index (χ0n) is 12.1. The second-order valence-electron chi connectivity index (χ2n) is 6.37. The van der Waals surface area contributed by atoms with Crippen molar-refractivity contribution in [1.29, 1.82) is 0 Å². The number of likely N-dealkylation sites (tertiary alicyclic amines) is 1. The molecule has 2 saturated heterocycles. The molecule has 0 unspecified atom stereocenters. The minimum Gasteiger partial charge on any atom is -0.444 e. The van der Waals surface area contributed by atoms with Crippen molar-refractivity contribution in [2.75, 3.05) is 13.1 Å². The first-order valence-electron chi connectivity index (χ1n) is 6.77. The van der Waals surface area contributed by atoms with Crippen LogP contribution in [0.3, 0.4) is 0 Å². The number of nitrogens with two attached hydrogens (primary N) is 1. The van der Waals surface area contributed by atoms with Gasteiger partial charge in [-0.25, -0.2) is 4.79 Å². The molecule has 0 radical (unpaired) electrons. The predicted octanol–water partition coefficient (Wildman–Crippen LogP) is 1.43. The van der Waals surface area contributed by atoms with Crippen molar-refractivity contribution in [3.8, 4) is 0 Å². The van der Waals surface area contributed by atoms with E-state index in [0.717, 1.165) is 0 Å². The van der Waals surface area contributed by atoms with Crippen molar-refractivity contribution in [2.45, 2.75) is 64.3 Å². The summed E-state index contributed by atoms with van der Waals surface area (Å²) in [4.78, 5) is 13.6. The Labute approximate surface area is 114 Å². The molecule has 6 heteroatoms. The van der Waals surface area contributed by atoms with E-state index in [1.807, 2.05) is 27.7 Å². The highest BCUT2D eigenvalue weighted by Crippen LogP contribution is 2.33. The normalized spacial score (nSPS) is 30.7. The van der Waals surface area contributed by atoms with Gasteiger partial charge in [-0.3, -0.25) is 0 Å². The van der Waals surface area contributed by atoms with Gasteiger partial charge in [0.15, 0.2) is 12.6 Å². The Balaban J connectivity index is 1.83. The van der Waals surface area contributed by atoms with Crippen molar-refractivity contribution in [3.05, 3.63) is 0 Å². The van der Waals surface area contributed by atoms with Crippen LogP contribution >= 0.6 is 0 Å². The van der Waals surface area contributed by atoms with Crippen LogP contribution in [0.1, 0.15) is 40.5 Å². The SMILES string of the molecule is CC1OC(C2(N)CCN(C(=O)OC(C)(C)C)CC2)O1. The minimum atomic E-state index is -0.495. The summed E-state index contributed by atoms with van der Waals surface area (Å²) < 4.78 is 16.3. The van der Waals surface area contributed by atoms with E-state index in [-0.39, 0.29) is 18.7 Å². The quantitative estimate of drug-likeness (QED) is 0.781. The zero-order chi connectivity index (χ0) is 14.3. The standard InChI is InChI=1S/C13H24N2O4/c1-9-17-10(18-9)13(14)5-7-15(8-6-13)11(16)19-12(2,3)4/h9-10H,5-8,14H2,1-4H3. The summed E-state index contributed by atoms with van der Waals surface area (Å²) in [5, 5.41) is 0. The molecule has 2 heterocycles. The average Bonchev–Trinajstić information content (AvgIpc) is 2.23. The Morgan fingerprint density at radius 2 is 1.84 bits per heavy atom. The summed E-state index contributed by atoms with van der Waals surface area (Å²) in [6.45, 7) is 8.57. The maximum atomic E-state index is 11.9. The topological polar surface area (TPSA) is 74.0 Å². The molecule has 1 amide bonds. The molecule has 19 heavy (non-hydrogen) atoms. The predicted molar refractivity (Wildman–Crippen MR) is 69.4 cm³/mol. The van der Waals surface area contributed by atoms with Gasteiger partial charge in [-0.05, 0) is 40.5 Å². The van der Waals surface area contributed by atoms with Gasteiger partial charge in [0.1, 0.15) is 5.60 Å². The highest BCUT2D eigenvalue weighted by atomic mass is 16.9. The van der Waals surface area contributed by atoms with Crippen LogP contribution in [0.15, 0.2) is 0 Å². The highest BCUT2D eigenvalue weighted by molar-refractivity contribution is 5.68. The molecule has 110 valence electrons. The van der Waals surface area contributed by atoms with Gasteiger partial charge >= 0.3 is 6.09 Å². The Bertz CT molecular complexity index is 339. The Morgan fingerprint density at radius 3 is 2.26 bits per heavy atom. The van der Waals surface area contributed by atoms with Gasteiger partial charge in [-0.15, -0.1) is 0 Å². The van der Waals surface area contributed by atoms with E-state index >= 15 is 0 Å². The number of hydrogen-bond acceptors (Lipinski definition) is 5. The number of rotatable bonds is 1. The van der Waals surface area contributed by atoms with Crippen LogP contribution in [0.4, 0.5) is 4.79 Å². The molecule has 2 aliphatic rings. The van der Waals surface area contributed by atoms with Crippen LogP contribution in [0.2, 0.25) is 0 Å². The molecule has 0 aromatic rings. The van der Waals surface area contributed by atoms with Crippen molar-refractivity contribution < 1.29 is 19.0 Å². The lowest BCUT2D eigenvalue weighted by atomic mass is 9.87. The van der Waals surface area contributed by atoms with Gasteiger partial charge in [-0.2, -0.15) is 0 Å². The van der Waals surface area contributed by atoms with Crippen molar-refractivity contribution >= 4 is 6.09 Å². The molecule has 0 saturated carbocycles. The van der Waals surface area contributed by atoms with Gasteiger partial charge < -0.3 is 24.8 Å². The summed E-state index contributed by atoms with van der Waals surface area (Å²) in [5.74, 6) is 0. The summed E-state index contributed by atoms with van der Waals surface area (Å²) in [7, 11) is 0. The van der Waals surface area contributed by atoms with E-state index < -0.39 is 11.1 Å². The Morgan fingerprint density at radius 1 is 1.32 bits per heavy atom. The summed E-state index contributed by atoms with van der Waals surface area (Å²) in [6, 6.07) is 0. The van der Waals surface area contributed by atoms with Crippen LogP contribution in [0.5, 0.6) is 0 Å². The van der Waals surface area contributed by atoms with Crippen LogP contribution < -0.4 is 5.73 Å². The molecule has 0 bridgehead atoms. The molecule has 0 spiro atoms. The molecular formula is C13H24N2O4. The Hall–Kier alpha value is -0.850. The average molecular weight is 272 g/mol. The van der Waals surface area contributed by atoms with E-state index in [9.17, 15) is 4.79 Å². The molecule has 0 aromatic heterocycles. The largest absolute Gasteiger partial charge is 0.444 e. The van der Waals surface area contributed by atoms with Crippen LogP contribution in [0.25, 0.3) is 0 Å². The van der Waals surface area contributed by atoms with Gasteiger partial charge in [0.25, 0.3) is 0 Å². The fraction of sp³-hybridized carbons (Fsp3) is 0.923. The number of carbonyl (C=O) groups is 1. The van der Waals surface area contributed by atoms with E-state index in [4.69, 9.17) is 19.9 Å². The fourth-order valence-electron chi connectivity index (χ4n) is 2.30. The lowest BCUT2D eigenvalue weighted by Crippen LogP contribution is -2.64. The number of ether oxygens (including phenoxy) is 3. The first-order valence-corrected chi connectivity index (χ1v) is 6.77. The van der Waals surface area contributed by atoms with Gasteiger partial charge in [-0.1, -0.05) is 0 Å². The van der Waals surface area contributed by atoms with E-state index in [2.05, 4.69) is 0 Å². The summed E-state index contributed by atoms with van der Waals surface area (Å²) >= 11 is 0. The van der Waals surface area contributed by atoms with Crippen molar-refractivity contribution in [3.63, 3.8) is 0 Å². The highest BCUT2D eigenvalue weighted by Gasteiger charge is 2.47. The van der Waals surface area contributed by atoms with Gasteiger partial charge in [0, 0.05) is 13.1 Å². The number of hydrogen-bond donors (Lipinski definition) is 1. The summed E-state index contributed by atoms with van der Waals surface area (Å²) in [5.41, 5.74) is 5.32. The van der Waals surface area contributed by atoms with Crippen LogP contribution in [-0.4, -0.2) is 47.8 Å². The number of piperidine rings is 1. The third-order valence-corrected chi connectivity index (χ3v) is 3.45. The molecule has 2 N–H and O–H groups in total.